The lowest BCUT2D eigenvalue weighted by atomic mass is 10.3. The molecule has 0 aliphatic rings. The second-order valence-corrected chi connectivity index (χ2v) is 6.20. The molecule has 18 heavy (non-hydrogen) atoms. The summed E-state index contributed by atoms with van der Waals surface area (Å²) in [5.41, 5.74) is 6.17. The van der Waals surface area contributed by atoms with E-state index in [1.807, 2.05) is 6.07 Å². The van der Waals surface area contributed by atoms with E-state index in [-0.39, 0.29) is 0 Å². The van der Waals surface area contributed by atoms with Gasteiger partial charge >= 0.3 is 0 Å². The molecule has 1 nitrogen and oxygen atoms in total. The fourth-order valence-corrected chi connectivity index (χ4v) is 3.43. The van der Waals surface area contributed by atoms with Crippen LogP contribution in [0.5, 0.6) is 0 Å². The van der Waals surface area contributed by atoms with E-state index in [0.29, 0.717) is 25.8 Å². The van der Waals surface area contributed by atoms with Crippen LogP contribution in [0.3, 0.4) is 0 Å². The van der Waals surface area contributed by atoms with Gasteiger partial charge in [0.15, 0.2) is 0 Å². The van der Waals surface area contributed by atoms with Gasteiger partial charge in [0.25, 0.3) is 0 Å². The average molecular weight is 339 g/mol. The van der Waals surface area contributed by atoms with Crippen molar-refractivity contribution in [3.8, 4) is 0 Å². The molecule has 0 spiro atoms. The molecule has 6 heteroatoms. The number of hydrogen-bond acceptors (Lipinski definition) is 2. The standard InChI is InChI=1S/C12H7Cl4NS/c13-6-1-2-11(8(14)3-6)18-12-9(15)4-7(17)5-10(12)16/h1-5H,17H2. The first kappa shape index (κ1) is 14.2. The molecule has 0 fully saturated rings. The molecule has 2 aromatic carbocycles. The molecule has 94 valence electrons. The van der Waals surface area contributed by atoms with Crippen LogP contribution in [0.2, 0.25) is 20.1 Å². The van der Waals surface area contributed by atoms with Crippen LogP contribution in [0, 0.1) is 0 Å². The predicted octanol–water partition coefficient (Wildman–Crippen LogP) is 6.03. The van der Waals surface area contributed by atoms with Crippen LogP contribution in [0.25, 0.3) is 0 Å². The van der Waals surface area contributed by atoms with Crippen molar-refractivity contribution in [3.05, 3.63) is 50.4 Å². The molecule has 2 rings (SSSR count). The number of halogens is 4. The van der Waals surface area contributed by atoms with Gasteiger partial charge in [0, 0.05) is 20.5 Å². The van der Waals surface area contributed by atoms with Gasteiger partial charge in [0.2, 0.25) is 0 Å². The SMILES string of the molecule is Nc1cc(Cl)c(Sc2ccc(Cl)cc2Cl)c(Cl)c1. The summed E-state index contributed by atoms with van der Waals surface area (Å²) in [7, 11) is 0. The van der Waals surface area contributed by atoms with Crippen LogP contribution in [-0.2, 0) is 0 Å². The van der Waals surface area contributed by atoms with Crippen LogP contribution in [-0.4, -0.2) is 0 Å². The Hall–Kier alpha value is -0.250. The monoisotopic (exact) mass is 337 g/mol. The minimum atomic E-state index is 0.496. The zero-order chi connectivity index (χ0) is 13.3. The minimum absolute atomic E-state index is 0.496. The second-order valence-electron chi connectivity index (χ2n) is 3.49. The summed E-state index contributed by atoms with van der Waals surface area (Å²) in [6, 6.07) is 8.55. The highest BCUT2D eigenvalue weighted by Crippen LogP contribution is 2.42. The average Bonchev–Trinajstić information content (AvgIpc) is 2.25. The molecule has 0 aromatic heterocycles. The van der Waals surface area contributed by atoms with Gasteiger partial charge in [-0.15, -0.1) is 0 Å². The highest BCUT2D eigenvalue weighted by atomic mass is 35.5. The maximum atomic E-state index is 6.11. The topological polar surface area (TPSA) is 26.0 Å². The zero-order valence-corrected chi connectivity index (χ0v) is 12.7. The summed E-state index contributed by atoms with van der Waals surface area (Å²) in [4.78, 5) is 1.55. The van der Waals surface area contributed by atoms with Gasteiger partial charge in [-0.3, -0.25) is 0 Å². The number of anilines is 1. The van der Waals surface area contributed by atoms with Crippen molar-refractivity contribution in [2.75, 3.05) is 5.73 Å². The van der Waals surface area contributed by atoms with Crippen LogP contribution >= 0.6 is 58.2 Å². The Morgan fingerprint density at radius 3 is 2.00 bits per heavy atom. The maximum absolute atomic E-state index is 6.11. The normalized spacial score (nSPS) is 10.7. The molecule has 0 bridgehead atoms. The van der Waals surface area contributed by atoms with Crippen LogP contribution in [0.1, 0.15) is 0 Å². The van der Waals surface area contributed by atoms with Gasteiger partial charge in [-0.2, -0.15) is 0 Å². The number of rotatable bonds is 2. The predicted molar refractivity (Wildman–Crippen MR) is 81.5 cm³/mol. The summed E-state index contributed by atoms with van der Waals surface area (Å²) < 4.78 is 0. The van der Waals surface area contributed by atoms with Gasteiger partial charge in [0.1, 0.15) is 0 Å². The largest absolute Gasteiger partial charge is 0.399 e. The highest BCUT2D eigenvalue weighted by Gasteiger charge is 2.11. The smallest absolute Gasteiger partial charge is 0.0581 e. The number of benzene rings is 2. The molecule has 0 atom stereocenters. The molecule has 0 saturated heterocycles. The summed E-state index contributed by atoms with van der Waals surface area (Å²) in [5.74, 6) is 0. The van der Waals surface area contributed by atoms with Crippen molar-refractivity contribution in [1.29, 1.82) is 0 Å². The van der Waals surface area contributed by atoms with E-state index in [1.54, 1.807) is 24.3 Å². The van der Waals surface area contributed by atoms with E-state index in [2.05, 4.69) is 0 Å². The summed E-state index contributed by atoms with van der Waals surface area (Å²) in [6.07, 6.45) is 0. The Bertz CT molecular complexity index is 578. The maximum Gasteiger partial charge on any atom is 0.0581 e. The van der Waals surface area contributed by atoms with Gasteiger partial charge in [-0.05, 0) is 30.3 Å². The molecule has 0 heterocycles. The molecule has 0 saturated carbocycles. The van der Waals surface area contributed by atoms with Crippen molar-refractivity contribution in [2.45, 2.75) is 9.79 Å². The van der Waals surface area contributed by atoms with E-state index in [4.69, 9.17) is 52.1 Å². The van der Waals surface area contributed by atoms with Crippen molar-refractivity contribution in [1.82, 2.24) is 0 Å². The third-order valence-electron chi connectivity index (χ3n) is 2.13. The molecule has 0 aliphatic carbocycles. The number of hydrogen-bond donors (Lipinski definition) is 1. The first-order valence-electron chi connectivity index (χ1n) is 4.85. The van der Waals surface area contributed by atoms with Gasteiger partial charge in [-0.1, -0.05) is 58.2 Å². The Balaban J connectivity index is 2.40. The third-order valence-corrected chi connectivity index (χ3v) is 4.83. The van der Waals surface area contributed by atoms with Crippen molar-refractivity contribution in [2.24, 2.45) is 0 Å². The lowest BCUT2D eigenvalue weighted by Crippen LogP contribution is -1.87. The van der Waals surface area contributed by atoms with Gasteiger partial charge in [0.05, 0.1) is 15.1 Å². The van der Waals surface area contributed by atoms with E-state index in [0.717, 1.165) is 9.79 Å². The molecule has 2 N–H and O–H groups in total. The molecule has 2 aromatic rings. The van der Waals surface area contributed by atoms with Crippen molar-refractivity contribution < 1.29 is 0 Å². The Labute approximate surface area is 129 Å². The number of nitrogen functional groups attached to an aromatic ring is 1. The fourth-order valence-electron chi connectivity index (χ4n) is 1.34. The first-order chi connectivity index (χ1) is 8.47. The lowest BCUT2D eigenvalue weighted by Gasteiger charge is -2.09. The Morgan fingerprint density at radius 2 is 1.44 bits per heavy atom. The van der Waals surface area contributed by atoms with Crippen LogP contribution in [0.4, 0.5) is 5.69 Å². The number of nitrogens with two attached hydrogens (primary N) is 1. The summed E-state index contributed by atoms with van der Waals surface area (Å²) in [5, 5.41) is 2.13. The van der Waals surface area contributed by atoms with Crippen LogP contribution < -0.4 is 5.73 Å². The summed E-state index contributed by atoms with van der Waals surface area (Å²) >= 11 is 25.5. The summed E-state index contributed by atoms with van der Waals surface area (Å²) in [6.45, 7) is 0. The van der Waals surface area contributed by atoms with Crippen molar-refractivity contribution in [3.63, 3.8) is 0 Å². The minimum Gasteiger partial charge on any atom is -0.399 e. The van der Waals surface area contributed by atoms with Crippen molar-refractivity contribution >= 4 is 63.9 Å². The third kappa shape index (κ3) is 3.19. The van der Waals surface area contributed by atoms with Gasteiger partial charge in [-0.25, -0.2) is 0 Å². The van der Waals surface area contributed by atoms with E-state index < -0.39 is 0 Å². The van der Waals surface area contributed by atoms with E-state index >= 15 is 0 Å². The van der Waals surface area contributed by atoms with Gasteiger partial charge < -0.3 is 5.73 Å². The fraction of sp³-hybridized carbons (Fsp3) is 0. The van der Waals surface area contributed by atoms with Crippen LogP contribution in [0.15, 0.2) is 40.1 Å². The van der Waals surface area contributed by atoms with E-state index in [1.165, 1.54) is 11.8 Å². The molecule has 0 aliphatic heterocycles. The molecule has 0 amide bonds. The molecule has 0 radical (unpaired) electrons. The first-order valence-corrected chi connectivity index (χ1v) is 7.17. The molecular formula is C12H7Cl4NS. The quantitative estimate of drug-likeness (QED) is 0.676. The lowest BCUT2D eigenvalue weighted by molar-refractivity contribution is 1.41. The zero-order valence-electron chi connectivity index (χ0n) is 8.88. The molecule has 0 unspecified atom stereocenters. The van der Waals surface area contributed by atoms with E-state index in [9.17, 15) is 0 Å². The molecular weight excluding hydrogens is 332 g/mol. The second kappa shape index (κ2) is 5.81. The Kier molecular flexibility index (Phi) is 4.57. The Morgan fingerprint density at radius 1 is 0.833 bits per heavy atom. The highest BCUT2D eigenvalue weighted by molar-refractivity contribution is 7.99.